The number of aromatic amines is 2. The van der Waals surface area contributed by atoms with Crippen LogP contribution in [0.25, 0.3) is 34.1 Å². The molecule has 0 aliphatic carbocycles. The Labute approximate surface area is 238 Å². The molecule has 6 aromatic rings. The molecular formula is C20H17KN12O2. The molecule has 0 aromatic carbocycles. The molecule has 0 aliphatic heterocycles. The fourth-order valence-corrected chi connectivity index (χ4v) is 3.37. The van der Waals surface area contributed by atoms with Crippen LogP contribution in [0.3, 0.4) is 0 Å². The summed E-state index contributed by atoms with van der Waals surface area (Å²) < 4.78 is 2.96. The van der Waals surface area contributed by atoms with E-state index in [-0.39, 0.29) is 62.5 Å². The van der Waals surface area contributed by atoms with Gasteiger partial charge in [0.15, 0.2) is 11.6 Å². The Morgan fingerprint density at radius 3 is 1.51 bits per heavy atom. The van der Waals surface area contributed by atoms with Crippen molar-refractivity contribution in [2.24, 2.45) is 0 Å². The topological polar surface area (TPSA) is 178 Å². The number of fused-ring (bicyclic) bond motifs is 2. The van der Waals surface area contributed by atoms with Gasteiger partial charge in [0.25, 0.3) is 11.1 Å². The fraction of sp³-hybridized carbons (Fsp3) is 0.100. The summed E-state index contributed by atoms with van der Waals surface area (Å²) in [6, 6.07) is 7.40. The summed E-state index contributed by atoms with van der Waals surface area (Å²) in [6.07, 6.45) is 6.30. The maximum atomic E-state index is 12.2. The van der Waals surface area contributed by atoms with Gasteiger partial charge in [-0.3, -0.25) is 18.4 Å². The van der Waals surface area contributed by atoms with Crippen molar-refractivity contribution in [3.05, 3.63) is 80.9 Å². The van der Waals surface area contributed by atoms with Gasteiger partial charge in [0.2, 0.25) is 0 Å². The van der Waals surface area contributed by atoms with E-state index in [1.54, 1.807) is 24.5 Å². The minimum absolute atomic E-state index is 0. The van der Waals surface area contributed by atoms with Crippen LogP contribution in [0.2, 0.25) is 0 Å². The molecular weight excluding hydrogens is 479 g/mol. The summed E-state index contributed by atoms with van der Waals surface area (Å²) in [5.41, 5.74) is 3.44. The number of nitrogens with zero attached hydrogens (tertiary/aromatic N) is 10. The second kappa shape index (κ2) is 10.4. The van der Waals surface area contributed by atoms with Crippen LogP contribution in [0, 0.1) is 13.8 Å². The summed E-state index contributed by atoms with van der Waals surface area (Å²) in [6.45, 7) is 3.80. The molecule has 0 unspecified atom stereocenters. The van der Waals surface area contributed by atoms with Crippen LogP contribution < -0.4 is 11.1 Å². The molecule has 0 aliphatic rings. The molecule has 15 heteroatoms. The zero-order valence-corrected chi connectivity index (χ0v) is 17.9. The van der Waals surface area contributed by atoms with Gasteiger partial charge >= 0.3 is 51.4 Å². The third-order valence-corrected chi connectivity index (χ3v) is 5.06. The Morgan fingerprint density at radius 2 is 1.14 bits per heavy atom. The van der Waals surface area contributed by atoms with Gasteiger partial charge in [-0.1, -0.05) is 12.1 Å². The van der Waals surface area contributed by atoms with Crippen molar-refractivity contribution in [3.63, 3.8) is 0 Å². The number of aromatic nitrogens is 12. The molecule has 0 bridgehead atoms. The Kier molecular flexibility index (Phi) is 7.32. The van der Waals surface area contributed by atoms with Crippen LogP contribution in [0.5, 0.6) is 0 Å². The molecule has 6 aromatic heterocycles. The predicted octanol–water partition coefficient (Wildman–Crippen LogP) is -0.282. The van der Waals surface area contributed by atoms with Gasteiger partial charge in [-0.05, 0) is 58.0 Å². The summed E-state index contributed by atoms with van der Waals surface area (Å²) in [4.78, 5) is 32.9. The molecule has 35 heavy (non-hydrogen) atoms. The van der Waals surface area contributed by atoms with Crippen LogP contribution in [-0.4, -0.2) is 111 Å². The van der Waals surface area contributed by atoms with Gasteiger partial charge in [0.05, 0.1) is 0 Å². The molecule has 6 heterocycles. The number of rotatable bonds is 2. The predicted molar refractivity (Wildman–Crippen MR) is 126 cm³/mol. The van der Waals surface area contributed by atoms with E-state index in [1.165, 1.54) is 21.2 Å². The summed E-state index contributed by atoms with van der Waals surface area (Å²) in [7, 11) is 0. The molecule has 170 valence electrons. The molecule has 0 saturated carbocycles. The van der Waals surface area contributed by atoms with Gasteiger partial charge in [-0.25, -0.2) is 20.2 Å². The maximum absolute atomic E-state index is 12.2. The van der Waals surface area contributed by atoms with Crippen molar-refractivity contribution in [2.45, 2.75) is 13.8 Å². The standard InChI is InChI=1S/2C10H8N6O.K.H/c2*1-6-3-2-4-16-9(6)11-5-7(10(16)17)8-12-14-15-13-8;;/h2*2-5H,1H3,(H,12,13,14,15);;. The van der Waals surface area contributed by atoms with E-state index in [1.807, 2.05) is 26.0 Å². The van der Waals surface area contributed by atoms with E-state index in [0.717, 1.165) is 11.1 Å². The monoisotopic (exact) mass is 496 g/mol. The third kappa shape index (κ3) is 4.71. The molecule has 0 atom stereocenters. The third-order valence-electron chi connectivity index (χ3n) is 5.06. The zero-order chi connectivity index (χ0) is 23.7. The average Bonchev–Trinajstić information content (AvgIpc) is 3.56. The summed E-state index contributed by atoms with van der Waals surface area (Å²) in [5.74, 6) is 0.636. The van der Waals surface area contributed by atoms with E-state index < -0.39 is 0 Å². The average molecular weight is 497 g/mol. The molecule has 6 rings (SSSR count). The van der Waals surface area contributed by atoms with E-state index >= 15 is 0 Å². The zero-order valence-electron chi connectivity index (χ0n) is 17.9. The SMILES string of the molecule is Cc1cccn2c(=O)c(-c3nnn[nH]3)cnc12.Cc1cccn2c(=O)c(-c3nnn[nH]3)cnc12.[KH]. The van der Waals surface area contributed by atoms with Crippen LogP contribution in [-0.2, 0) is 0 Å². The number of aryl methyl sites for hydroxylation is 2. The Morgan fingerprint density at radius 1 is 0.714 bits per heavy atom. The number of hydrogen-bond acceptors (Lipinski definition) is 10. The minimum atomic E-state index is -0.197. The van der Waals surface area contributed by atoms with E-state index in [0.29, 0.717) is 34.1 Å². The number of pyridine rings is 2. The number of tetrazole rings is 2. The first-order valence-corrected chi connectivity index (χ1v) is 9.97. The van der Waals surface area contributed by atoms with Crippen molar-refractivity contribution in [2.75, 3.05) is 0 Å². The molecule has 0 spiro atoms. The molecule has 2 N–H and O–H groups in total. The number of nitrogens with one attached hydrogen (secondary N) is 2. The molecule has 0 amide bonds. The first kappa shape index (κ1) is 24.6. The van der Waals surface area contributed by atoms with Crippen LogP contribution in [0.15, 0.2) is 58.6 Å². The molecule has 14 nitrogen and oxygen atoms in total. The number of hydrogen-bond donors (Lipinski definition) is 2. The van der Waals surface area contributed by atoms with E-state index in [2.05, 4.69) is 51.2 Å². The van der Waals surface area contributed by atoms with Crippen molar-refractivity contribution in [1.82, 2.24) is 60.0 Å². The van der Waals surface area contributed by atoms with Gasteiger partial charge in [-0.2, -0.15) is 0 Å². The Balaban J connectivity index is 0.000000160. The first-order valence-electron chi connectivity index (χ1n) is 9.97. The van der Waals surface area contributed by atoms with Gasteiger partial charge in [0.1, 0.15) is 22.4 Å². The van der Waals surface area contributed by atoms with Crippen molar-refractivity contribution in [3.8, 4) is 22.8 Å². The quantitative estimate of drug-likeness (QED) is 0.303. The van der Waals surface area contributed by atoms with Crippen molar-refractivity contribution < 1.29 is 0 Å². The number of H-pyrrole nitrogens is 2. The fourth-order valence-electron chi connectivity index (χ4n) is 3.37. The molecule has 0 saturated heterocycles. The summed E-state index contributed by atoms with van der Waals surface area (Å²) >= 11 is 0. The van der Waals surface area contributed by atoms with Crippen molar-refractivity contribution in [1.29, 1.82) is 0 Å². The Bertz CT molecular complexity index is 1600. The second-order valence-corrected chi connectivity index (χ2v) is 7.22. The molecule has 0 fully saturated rings. The van der Waals surface area contributed by atoms with Gasteiger partial charge in [0, 0.05) is 24.8 Å². The van der Waals surface area contributed by atoms with Crippen LogP contribution in [0.1, 0.15) is 11.1 Å². The van der Waals surface area contributed by atoms with Gasteiger partial charge in [-0.15, -0.1) is 10.2 Å². The van der Waals surface area contributed by atoms with E-state index in [4.69, 9.17) is 0 Å². The van der Waals surface area contributed by atoms with Crippen LogP contribution in [0.4, 0.5) is 0 Å². The Hall–Kier alpha value is -3.50. The van der Waals surface area contributed by atoms with Crippen LogP contribution >= 0.6 is 0 Å². The van der Waals surface area contributed by atoms with Crippen molar-refractivity contribution >= 4 is 62.7 Å². The first-order chi connectivity index (χ1) is 16.5. The second-order valence-electron chi connectivity index (χ2n) is 7.22. The van der Waals surface area contributed by atoms with E-state index in [9.17, 15) is 9.59 Å². The molecule has 0 radical (unpaired) electrons. The summed E-state index contributed by atoms with van der Waals surface area (Å²) in [5, 5.41) is 26.3. The van der Waals surface area contributed by atoms with Gasteiger partial charge < -0.3 is 0 Å². The normalized spacial score (nSPS) is 10.6.